The van der Waals surface area contributed by atoms with Crippen LogP contribution in [0.25, 0.3) is 11.0 Å². The maximum atomic E-state index is 13.1. The number of hydrogen-bond donors (Lipinski definition) is 0. The van der Waals surface area contributed by atoms with Crippen LogP contribution in [0.4, 0.5) is 13.2 Å². The highest BCUT2D eigenvalue weighted by atomic mass is 19.4. The molecule has 0 amide bonds. The zero-order valence-corrected chi connectivity index (χ0v) is 19.3. The van der Waals surface area contributed by atoms with Crippen molar-refractivity contribution in [1.29, 1.82) is 0 Å². The Morgan fingerprint density at radius 3 is 2.63 bits per heavy atom. The van der Waals surface area contributed by atoms with E-state index in [0.29, 0.717) is 29.9 Å². The number of likely N-dealkylation sites (tertiary alicyclic amines) is 1. The lowest BCUT2D eigenvalue weighted by molar-refractivity contribution is -0.0884. The lowest BCUT2D eigenvalue weighted by Gasteiger charge is -2.44. The molecule has 1 saturated heterocycles. The van der Waals surface area contributed by atoms with E-state index in [4.69, 9.17) is 4.74 Å². The third-order valence-electron chi connectivity index (χ3n) is 6.98. The van der Waals surface area contributed by atoms with Crippen LogP contribution in [0.5, 0.6) is 5.75 Å². The van der Waals surface area contributed by atoms with Crippen LogP contribution >= 0.6 is 0 Å². The van der Waals surface area contributed by atoms with Crippen LogP contribution in [0.3, 0.4) is 0 Å². The van der Waals surface area contributed by atoms with Crippen molar-refractivity contribution < 1.29 is 27.5 Å². The summed E-state index contributed by atoms with van der Waals surface area (Å²) in [5.41, 5.74) is 0.174. The van der Waals surface area contributed by atoms with Crippen LogP contribution in [-0.2, 0) is 6.54 Å². The number of Topliss-reactive ketones (excluding diaryl/α,β-unsaturated/α-hetero) is 2. The van der Waals surface area contributed by atoms with Crippen molar-refractivity contribution in [3.8, 4) is 5.75 Å². The van der Waals surface area contributed by atoms with Gasteiger partial charge in [0.15, 0.2) is 5.78 Å². The molecular formula is C26H26F3N3O3. The number of ketones is 2. The Morgan fingerprint density at radius 1 is 1.14 bits per heavy atom. The third-order valence-corrected chi connectivity index (χ3v) is 6.98. The monoisotopic (exact) mass is 485 g/mol. The van der Waals surface area contributed by atoms with Crippen molar-refractivity contribution in [3.63, 3.8) is 0 Å². The molecule has 1 atom stereocenters. The molecule has 1 fully saturated rings. The summed E-state index contributed by atoms with van der Waals surface area (Å²) < 4.78 is 47.2. The molecule has 0 N–H and O–H groups in total. The number of carbonyl (C=O) groups excluding carboxylic acids is 2. The number of fused-ring (bicyclic) bond motifs is 2. The summed E-state index contributed by atoms with van der Waals surface area (Å²) in [6.45, 7) is 4.73. The van der Waals surface area contributed by atoms with E-state index in [9.17, 15) is 22.8 Å². The van der Waals surface area contributed by atoms with Gasteiger partial charge in [-0.25, -0.2) is 4.98 Å². The lowest BCUT2D eigenvalue weighted by Crippen LogP contribution is -2.51. The lowest BCUT2D eigenvalue weighted by atomic mass is 9.82. The number of piperidine rings is 1. The van der Waals surface area contributed by atoms with Crippen LogP contribution in [0, 0.1) is 5.92 Å². The topological polar surface area (TPSA) is 64.4 Å². The molecule has 2 aliphatic heterocycles. The number of para-hydroxylation sites is 1. The highest BCUT2D eigenvalue weighted by Gasteiger charge is 2.43. The predicted octanol–water partition coefficient (Wildman–Crippen LogP) is 4.92. The predicted molar refractivity (Wildman–Crippen MR) is 124 cm³/mol. The van der Waals surface area contributed by atoms with E-state index < -0.39 is 17.6 Å². The normalized spacial score (nSPS) is 18.9. The Morgan fingerprint density at radius 2 is 1.89 bits per heavy atom. The molecule has 0 radical (unpaired) electrons. The highest BCUT2D eigenvalue weighted by Crippen LogP contribution is 2.39. The number of benzene rings is 1. The molecule has 9 heteroatoms. The number of halogens is 3. The minimum absolute atomic E-state index is 0.102. The fourth-order valence-electron chi connectivity index (χ4n) is 5.29. The van der Waals surface area contributed by atoms with E-state index in [2.05, 4.69) is 9.88 Å². The molecule has 0 bridgehead atoms. The first-order valence-corrected chi connectivity index (χ1v) is 11.7. The summed E-state index contributed by atoms with van der Waals surface area (Å²) in [6.07, 6.45) is -0.304. The number of carbonyl (C=O) groups is 2. The summed E-state index contributed by atoms with van der Waals surface area (Å²) >= 11 is 0. The van der Waals surface area contributed by atoms with Crippen LogP contribution in [0.1, 0.15) is 46.9 Å². The Kier molecular flexibility index (Phi) is 5.91. The van der Waals surface area contributed by atoms with Crippen LogP contribution in [-0.4, -0.2) is 57.4 Å². The van der Waals surface area contributed by atoms with Gasteiger partial charge < -0.3 is 14.2 Å². The van der Waals surface area contributed by atoms with Gasteiger partial charge in [0.2, 0.25) is 0 Å². The molecule has 0 aliphatic carbocycles. The average molecular weight is 486 g/mol. The zero-order valence-electron chi connectivity index (χ0n) is 19.3. The molecule has 1 aromatic carbocycles. The average Bonchev–Trinajstić information content (AvgIpc) is 3.18. The number of pyridine rings is 1. The quantitative estimate of drug-likeness (QED) is 0.480. The molecule has 1 spiro atoms. The Bertz CT molecular complexity index is 1280. The van der Waals surface area contributed by atoms with Crippen molar-refractivity contribution in [2.75, 3.05) is 19.6 Å². The van der Waals surface area contributed by atoms with Gasteiger partial charge in [-0.15, -0.1) is 0 Å². The van der Waals surface area contributed by atoms with Gasteiger partial charge in [0.1, 0.15) is 17.0 Å². The van der Waals surface area contributed by atoms with Gasteiger partial charge in [0.05, 0.1) is 17.5 Å². The van der Waals surface area contributed by atoms with Crippen molar-refractivity contribution in [3.05, 3.63) is 59.9 Å². The van der Waals surface area contributed by atoms with Crippen molar-refractivity contribution in [1.82, 2.24) is 14.5 Å². The Labute approximate surface area is 200 Å². The van der Waals surface area contributed by atoms with Gasteiger partial charge in [0, 0.05) is 56.8 Å². The first-order chi connectivity index (χ1) is 16.7. The summed E-state index contributed by atoms with van der Waals surface area (Å²) in [4.78, 5) is 31.1. The molecule has 4 heterocycles. The number of ether oxygens (including phenoxy) is 1. The van der Waals surface area contributed by atoms with Gasteiger partial charge in [-0.05, 0) is 30.2 Å². The standard InChI is InChI=1S/C26H26F3N3O3/c1-17(15-32-16-20(23(34)26(27,28)29)18-6-4-10-30-24(18)32)14-31-11-8-25(9-12-31)13-21(33)19-5-2-3-7-22(19)35-25/h2-7,10,16-17H,8-9,11-15H2,1H3. The van der Waals surface area contributed by atoms with E-state index in [1.165, 1.54) is 24.5 Å². The van der Waals surface area contributed by atoms with E-state index >= 15 is 0 Å². The maximum Gasteiger partial charge on any atom is 0.454 e. The molecule has 184 valence electrons. The molecule has 0 saturated carbocycles. The Balaban J connectivity index is 1.24. The third kappa shape index (κ3) is 4.57. The smallest absolute Gasteiger partial charge is 0.454 e. The fraction of sp³-hybridized carbons (Fsp3) is 0.423. The minimum Gasteiger partial charge on any atom is -0.486 e. The second kappa shape index (κ2) is 8.78. The molecular weight excluding hydrogens is 459 g/mol. The summed E-state index contributed by atoms with van der Waals surface area (Å²) in [5.74, 6) is -0.983. The van der Waals surface area contributed by atoms with Gasteiger partial charge in [-0.1, -0.05) is 19.1 Å². The van der Waals surface area contributed by atoms with Crippen molar-refractivity contribution >= 4 is 22.6 Å². The maximum absolute atomic E-state index is 13.1. The van der Waals surface area contributed by atoms with Gasteiger partial charge >= 0.3 is 6.18 Å². The molecule has 1 unspecified atom stereocenters. The molecule has 3 aromatic rings. The molecule has 35 heavy (non-hydrogen) atoms. The summed E-state index contributed by atoms with van der Waals surface area (Å²) in [6, 6.07) is 10.4. The molecule has 6 nitrogen and oxygen atoms in total. The first-order valence-electron chi connectivity index (χ1n) is 11.7. The van der Waals surface area contributed by atoms with Crippen LogP contribution in [0.2, 0.25) is 0 Å². The number of alkyl halides is 3. The van der Waals surface area contributed by atoms with Crippen molar-refractivity contribution in [2.24, 2.45) is 5.92 Å². The van der Waals surface area contributed by atoms with E-state index in [-0.39, 0.29) is 22.7 Å². The largest absolute Gasteiger partial charge is 0.486 e. The first kappa shape index (κ1) is 23.5. The van der Waals surface area contributed by atoms with E-state index in [1.54, 1.807) is 10.6 Å². The van der Waals surface area contributed by atoms with Crippen LogP contribution < -0.4 is 4.74 Å². The Hall–Kier alpha value is -3.20. The number of nitrogens with zero attached hydrogens (tertiary/aromatic N) is 3. The number of aromatic nitrogens is 2. The second-order valence-corrected chi connectivity index (χ2v) is 9.68. The molecule has 2 aliphatic rings. The summed E-state index contributed by atoms with van der Waals surface area (Å²) in [5, 5.41) is 0.210. The van der Waals surface area contributed by atoms with E-state index in [1.807, 2.05) is 25.1 Å². The van der Waals surface area contributed by atoms with Gasteiger partial charge in [0.25, 0.3) is 5.78 Å². The van der Waals surface area contributed by atoms with Gasteiger partial charge in [-0.3, -0.25) is 9.59 Å². The van der Waals surface area contributed by atoms with Crippen LogP contribution in [0.15, 0.2) is 48.8 Å². The molecule has 2 aromatic heterocycles. The van der Waals surface area contributed by atoms with Gasteiger partial charge in [-0.2, -0.15) is 13.2 Å². The van der Waals surface area contributed by atoms with Crippen molar-refractivity contribution in [2.45, 2.75) is 44.5 Å². The fourth-order valence-corrected chi connectivity index (χ4v) is 5.29. The zero-order chi connectivity index (χ0) is 24.8. The number of rotatable bonds is 5. The molecule has 5 rings (SSSR count). The number of hydrogen-bond acceptors (Lipinski definition) is 5. The minimum atomic E-state index is -4.94. The SMILES string of the molecule is CC(CN1CCC2(CC1)CC(=O)c1ccccc1O2)Cn1cc(C(=O)C(F)(F)F)c2cccnc21. The highest BCUT2D eigenvalue weighted by molar-refractivity contribution is 6.10. The summed E-state index contributed by atoms with van der Waals surface area (Å²) in [7, 11) is 0. The second-order valence-electron chi connectivity index (χ2n) is 9.68. The van der Waals surface area contributed by atoms with E-state index in [0.717, 1.165) is 32.5 Å².